The summed E-state index contributed by atoms with van der Waals surface area (Å²) >= 11 is 0. The van der Waals surface area contributed by atoms with Crippen LogP contribution in [0, 0.1) is 4.91 Å². The van der Waals surface area contributed by atoms with E-state index < -0.39 is 11.1 Å². The second kappa shape index (κ2) is 2.64. The van der Waals surface area contributed by atoms with Gasteiger partial charge in [-0.05, 0) is 27.7 Å². The Kier molecular flexibility index (Phi) is 2.51. The molecule has 0 spiro atoms. The number of nitrogens with zero attached hydrogens (tertiary/aromatic N) is 1. The zero-order valence-corrected chi connectivity index (χ0v) is 6.80. The second-order valence-corrected chi connectivity index (χ2v) is 3.39. The lowest BCUT2D eigenvalue weighted by molar-refractivity contribution is 0.0433. The highest BCUT2D eigenvalue weighted by Gasteiger charge is 2.38. The summed E-state index contributed by atoms with van der Waals surface area (Å²) in [6.07, 6.45) is 0. The van der Waals surface area contributed by atoms with Gasteiger partial charge in [-0.3, -0.25) is 0 Å². The fourth-order valence-corrected chi connectivity index (χ4v) is 0.251. The molecule has 10 heavy (non-hydrogen) atoms. The molecule has 0 bridgehead atoms. The topological polar surface area (TPSA) is 61.7 Å². The molecule has 0 amide bonds. The van der Waals surface area contributed by atoms with Crippen LogP contribution in [0.3, 0.4) is 0 Å². The van der Waals surface area contributed by atoms with E-state index in [1.54, 1.807) is 27.7 Å². The molecule has 2 N–H and O–H groups in total. The molecule has 0 fully saturated rings. The Hall–Kier alpha value is -0.480. The highest BCUT2D eigenvalue weighted by molar-refractivity contribution is 4.97. The molecular formula is C6H14N2O2. The van der Waals surface area contributed by atoms with Gasteiger partial charge in [0.05, 0.1) is 5.54 Å². The van der Waals surface area contributed by atoms with E-state index in [4.69, 9.17) is 5.21 Å². The van der Waals surface area contributed by atoms with Gasteiger partial charge >= 0.3 is 0 Å². The van der Waals surface area contributed by atoms with Crippen LogP contribution in [0.25, 0.3) is 0 Å². The van der Waals surface area contributed by atoms with Crippen molar-refractivity contribution in [3.8, 4) is 0 Å². The minimum atomic E-state index is -0.804. The Morgan fingerprint density at radius 3 is 1.80 bits per heavy atom. The Morgan fingerprint density at radius 2 is 1.70 bits per heavy atom. The fourth-order valence-electron chi connectivity index (χ4n) is 0.251. The van der Waals surface area contributed by atoms with Crippen LogP contribution < -0.4 is 5.48 Å². The average molecular weight is 146 g/mol. The van der Waals surface area contributed by atoms with Crippen LogP contribution in [-0.2, 0) is 0 Å². The van der Waals surface area contributed by atoms with Crippen molar-refractivity contribution < 1.29 is 5.21 Å². The van der Waals surface area contributed by atoms with E-state index in [2.05, 4.69) is 5.18 Å². The van der Waals surface area contributed by atoms with Crippen LogP contribution in [0.2, 0.25) is 0 Å². The minimum absolute atomic E-state index is 0.686. The van der Waals surface area contributed by atoms with Gasteiger partial charge in [-0.1, -0.05) is 5.18 Å². The van der Waals surface area contributed by atoms with Gasteiger partial charge in [-0.25, -0.2) is 0 Å². The van der Waals surface area contributed by atoms with E-state index in [0.717, 1.165) is 0 Å². The summed E-state index contributed by atoms with van der Waals surface area (Å²) in [5, 5.41) is 11.5. The van der Waals surface area contributed by atoms with Gasteiger partial charge in [-0.2, -0.15) is 10.4 Å². The standard InChI is InChI=1S/C6H14N2O2/c1-5(2,7-9)6(3,4)8-10/h7,9H,1-4H3. The number of hydroxylamine groups is 1. The third-order valence-electron chi connectivity index (χ3n) is 2.04. The summed E-state index contributed by atoms with van der Waals surface area (Å²) < 4.78 is 0. The normalized spacial score (nSPS) is 13.3. The van der Waals surface area contributed by atoms with Crippen molar-refractivity contribution in [3.05, 3.63) is 4.91 Å². The van der Waals surface area contributed by atoms with E-state index in [9.17, 15) is 4.91 Å². The molecule has 0 aromatic rings. The molecular weight excluding hydrogens is 132 g/mol. The quantitative estimate of drug-likeness (QED) is 0.466. The lowest BCUT2D eigenvalue weighted by atomic mass is 9.84. The van der Waals surface area contributed by atoms with Gasteiger partial charge in [-0.15, -0.1) is 0 Å². The average Bonchev–Trinajstić information content (AvgIpc) is 1.88. The van der Waals surface area contributed by atoms with Crippen LogP contribution in [0.15, 0.2) is 5.18 Å². The fraction of sp³-hybridized carbons (Fsp3) is 1.00. The van der Waals surface area contributed by atoms with E-state index in [-0.39, 0.29) is 0 Å². The molecule has 0 unspecified atom stereocenters. The van der Waals surface area contributed by atoms with Crippen molar-refractivity contribution >= 4 is 0 Å². The first-order chi connectivity index (χ1) is 4.37. The van der Waals surface area contributed by atoms with Gasteiger partial charge in [0.25, 0.3) is 0 Å². The van der Waals surface area contributed by atoms with Crippen LogP contribution in [-0.4, -0.2) is 16.3 Å². The number of hydrogen-bond acceptors (Lipinski definition) is 4. The van der Waals surface area contributed by atoms with Crippen LogP contribution in [0.5, 0.6) is 0 Å². The van der Waals surface area contributed by atoms with Crippen molar-refractivity contribution in [1.82, 2.24) is 5.48 Å². The lowest BCUT2D eigenvalue weighted by Crippen LogP contribution is -2.53. The first-order valence-electron chi connectivity index (χ1n) is 3.13. The maximum Gasteiger partial charge on any atom is 0.117 e. The summed E-state index contributed by atoms with van der Waals surface area (Å²) in [7, 11) is 0. The van der Waals surface area contributed by atoms with E-state index in [0.29, 0.717) is 0 Å². The maximum absolute atomic E-state index is 10.2. The third kappa shape index (κ3) is 1.52. The molecule has 0 heterocycles. The first kappa shape index (κ1) is 9.52. The van der Waals surface area contributed by atoms with Gasteiger partial charge in [0.1, 0.15) is 5.54 Å². The molecule has 0 rings (SSSR count). The number of nitroso groups, excluding NO2 is 1. The van der Waals surface area contributed by atoms with Gasteiger partial charge in [0, 0.05) is 0 Å². The summed E-state index contributed by atoms with van der Waals surface area (Å²) in [4.78, 5) is 10.2. The molecule has 0 aliphatic heterocycles. The number of nitrogens with one attached hydrogen (secondary N) is 1. The van der Waals surface area contributed by atoms with E-state index >= 15 is 0 Å². The Balaban J connectivity index is 4.43. The molecule has 0 aliphatic rings. The van der Waals surface area contributed by atoms with Crippen molar-refractivity contribution in [3.63, 3.8) is 0 Å². The molecule has 0 radical (unpaired) electrons. The van der Waals surface area contributed by atoms with Crippen molar-refractivity contribution in [2.24, 2.45) is 5.18 Å². The molecule has 0 aromatic heterocycles. The van der Waals surface area contributed by atoms with Gasteiger partial charge in [0.2, 0.25) is 0 Å². The smallest absolute Gasteiger partial charge is 0.117 e. The molecule has 60 valence electrons. The number of hydrogen-bond donors (Lipinski definition) is 2. The first-order valence-corrected chi connectivity index (χ1v) is 3.13. The predicted molar refractivity (Wildman–Crippen MR) is 38.9 cm³/mol. The van der Waals surface area contributed by atoms with Crippen LogP contribution in [0.4, 0.5) is 0 Å². The van der Waals surface area contributed by atoms with E-state index in [1.807, 2.05) is 5.48 Å². The molecule has 4 heteroatoms. The highest BCUT2D eigenvalue weighted by atomic mass is 16.5. The second-order valence-electron chi connectivity index (χ2n) is 3.39. The summed E-state index contributed by atoms with van der Waals surface area (Å²) in [6.45, 7) is 6.72. The minimum Gasteiger partial charge on any atom is -0.316 e. The SMILES string of the molecule is CC(C)(N=O)C(C)(C)NO. The molecule has 0 aromatic carbocycles. The van der Waals surface area contributed by atoms with Gasteiger partial charge in [0.15, 0.2) is 0 Å². The Morgan fingerprint density at radius 1 is 1.30 bits per heavy atom. The monoisotopic (exact) mass is 146 g/mol. The van der Waals surface area contributed by atoms with Crippen molar-refractivity contribution in [2.45, 2.75) is 38.8 Å². The van der Waals surface area contributed by atoms with E-state index in [1.165, 1.54) is 0 Å². The Bertz CT molecular complexity index is 132. The molecule has 4 nitrogen and oxygen atoms in total. The molecule has 0 aliphatic carbocycles. The number of rotatable bonds is 3. The summed E-state index contributed by atoms with van der Waals surface area (Å²) in [6, 6.07) is 0. The van der Waals surface area contributed by atoms with Gasteiger partial charge < -0.3 is 5.21 Å². The van der Waals surface area contributed by atoms with Crippen LogP contribution in [0.1, 0.15) is 27.7 Å². The maximum atomic E-state index is 10.2. The predicted octanol–water partition coefficient (Wildman–Crippen LogP) is 1.29. The van der Waals surface area contributed by atoms with Crippen molar-refractivity contribution in [2.75, 3.05) is 0 Å². The Labute approximate surface area is 60.6 Å². The molecule has 0 saturated heterocycles. The van der Waals surface area contributed by atoms with Crippen LogP contribution >= 0.6 is 0 Å². The molecule has 0 atom stereocenters. The summed E-state index contributed by atoms with van der Waals surface area (Å²) in [5.74, 6) is 0. The lowest BCUT2D eigenvalue weighted by Gasteiger charge is -2.33. The zero-order valence-electron chi connectivity index (χ0n) is 6.80. The largest absolute Gasteiger partial charge is 0.316 e. The van der Waals surface area contributed by atoms with Crippen molar-refractivity contribution in [1.29, 1.82) is 0 Å². The molecule has 0 saturated carbocycles. The summed E-state index contributed by atoms with van der Waals surface area (Å²) in [5.41, 5.74) is 0.549. The zero-order chi connectivity index (χ0) is 8.41. The highest BCUT2D eigenvalue weighted by Crippen LogP contribution is 2.23. The third-order valence-corrected chi connectivity index (χ3v) is 2.04.